The number of hydrogen-bond donors (Lipinski definition) is 1. The van der Waals surface area contributed by atoms with Crippen molar-refractivity contribution in [2.45, 2.75) is 0 Å². The predicted molar refractivity (Wildman–Crippen MR) is 41.8 cm³/mol. The molecule has 0 fully saturated rings. The minimum Gasteiger partial charge on any atom is -0.325 e. The number of rotatable bonds is 3. The molecular weight excluding hydrogens is 112 g/mol. The third-order valence-corrected chi connectivity index (χ3v) is 0.921. The highest BCUT2D eigenvalue weighted by molar-refractivity contribution is 5.96. The van der Waals surface area contributed by atoms with Crippen molar-refractivity contribution in [3.05, 3.63) is 24.8 Å². The van der Waals surface area contributed by atoms with Gasteiger partial charge in [-0.05, 0) is 6.08 Å². The summed E-state index contributed by atoms with van der Waals surface area (Å²) in [6.45, 7) is 4.01. The largest absolute Gasteiger partial charge is 0.325 e. The fourth-order valence-corrected chi connectivity index (χ4v) is 0.413. The normalized spacial score (nSPS) is 12.4. The second-order valence-electron chi connectivity index (χ2n) is 1.51. The summed E-state index contributed by atoms with van der Waals surface area (Å²) in [5.74, 6) is 0. The number of nitrogens with two attached hydrogens (primary N) is 1. The summed E-state index contributed by atoms with van der Waals surface area (Å²) in [6.07, 6.45) is 5.35. The quantitative estimate of drug-likeness (QED) is 0.437. The minimum absolute atomic E-state index is 0.487. The van der Waals surface area contributed by atoms with Crippen LogP contribution in [0.2, 0.25) is 0 Å². The molecule has 2 heteroatoms. The van der Waals surface area contributed by atoms with Crippen molar-refractivity contribution in [3.8, 4) is 0 Å². The summed E-state index contributed by atoms with van der Waals surface area (Å²) in [5, 5.41) is 0. The Bertz CT molecular complexity index is 134. The van der Waals surface area contributed by atoms with E-state index >= 15 is 0 Å². The monoisotopic (exact) mass is 124 g/mol. The molecule has 0 amide bonds. The Balaban J connectivity index is 3.84. The Morgan fingerprint density at radius 3 is 2.78 bits per heavy atom. The Morgan fingerprint density at radius 1 is 1.78 bits per heavy atom. The average molecular weight is 124 g/mol. The lowest BCUT2D eigenvalue weighted by Gasteiger charge is -1.89. The van der Waals surface area contributed by atoms with E-state index in [4.69, 9.17) is 5.73 Å². The first-order chi connectivity index (χ1) is 4.35. The van der Waals surface area contributed by atoms with Crippen LogP contribution in [-0.2, 0) is 0 Å². The maximum atomic E-state index is 5.31. The molecule has 0 spiro atoms. The van der Waals surface area contributed by atoms with Crippen molar-refractivity contribution >= 4 is 5.71 Å². The second-order valence-corrected chi connectivity index (χ2v) is 1.51. The first-order valence-electron chi connectivity index (χ1n) is 2.80. The fourth-order valence-electron chi connectivity index (χ4n) is 0.413. The summed E-state index contributed by atoms with van der Waals surface area (Å²) in [6, 6.07) is 0. The van der Waals surface area contributed by atoms with Crippen molar-refractivity contribution in [3.63, 3.8) is 0 Å². The molecule has 0 aliphatic carbocycles. The summed E-state index contributed by atoms with van der Waals surface area (Å²) < 4.78 is 0. The zero-order valence-corrected chi connectivity index (χ0v) is 5.67. The molecule has 0 saturated heterocycles. The van der Waals surface area contributed by atoms with E-state index in [2.05, 4.69) is 11.6 Å². The lowest BCUT2D eigenvalue weighted by atomic mass is 10.3. The molecule has 0 heterocycles. The van der Waals surface area contributed by atoms with Gasteiger partial charge in [-0.25, -0.2) is 0 Å². The van der Waals surface area contributed by atoms with Gasteiger partial charge in [0.1, 0.15) is 0 Å². The van der Waals surface area contributed by atoms with Gasteiger partial charge in [-0.2, -0.15) is 0 Å². The molecule has 0 aliphatic heterocycles. The second kappa shape index (κ2) is 5.25. The molecule has 0 aromatic rings. The molecule has 0 unspecified atom stereocenters. The molecule has 2 N–H and O–H groups in total. The van der Waals surface area contributed by atoms with Crippen LogP contribution < -0.4 is 5.73 Å². The fraction of sp³-hybridized carbons (Fsp3) is 0.286. The molecule has 0 saturated carbocycles. The molecule has 2 nitrogen and oxygen atoms in total. The SMILES string of the molecule is C=C/C=C\C(CN)=NC. The van der Waals surface area contributed by atoms with Crippen LogP contribution >= 0.6 is 0 Å². The lowest BCUT2D eigenvalue weighted by Crippen LogP contribution is -2.10. The first kappa shape index (κ1) is 8.11. The van der Waals surface area contributed by atoms with E-state index in [1.54, 1.807) is 13.1 Å². The number of hydrogen-bond acceptors (Lipinski definition) is 2. The highest BCUT2D eigenvalue weighted by Gasteiger charge is 1.82. The van der Waals surface area contributed by atoms with Crippen molar-refractivity contribution in [2.24, 2.45) is 10.7 Å². The van der Waals surface area contributed by atoms with E-state index in [1.165, 1.54) is 0 Å². The zero-order valence-electron chi connectivity index (χ0n) is 5.67. The summed E-state index contributed by atoms with van der Waals surface area (Å²) >= 11 is 0. The van der Waals surface area contributed by atoms with Gasteiger partial charge in [-0.3, -0.25) is 4.99 Å². The first-order valence-corrected chi connectivity index (χ1v) is 2.80. The van der Waals surface area contributed by atoms with Crippen LogP contribution in [0.4, 0.5) is 0 Å². The van der Waals surface area contributed by atoms with Gasteiger partial charge in [0, 0.05) is 19.3 Å². The van der Waals surface area contributed by atoms with Crippen molar-refractivity contribution in [1.29, 1.82) is 0 Å². The Kier molecular flexibility index (Phi) is 4.73. The molecular formula is C7H12N2. The van der Waals surface area contributed by atoms with Crippen LogP contribution in [0, 0.1) is 0 Å². The maximum absolute atomic E-state index is 5.31. The van der Waals surface area contributed by atoms with E-state index in [1.807, 2.05) is 12.2 Å². The van der Waals surface area contributed by atoms with Crippen LogP contribution in [0.25, 0.3) is 0 Å². The van der Waals surface area contributed by atoms with Gasteiger partial charge in [0.15, 0.2) is 0 Å². The number of allylic oxidation sites excluding steroid dienone is 2. The highest BCUT2D eigenvalue weighted by atomic mass is 14.7. The summed E-state index contributed by atoms with van der Waals surface area (Å²) in [7, 11) is 1.72. The van der Waals surface area contributed by atoms with E-state index in [9.17, 15) is 0 Å². The standard InChI is InChI=1S/C7H12N2/c1-3-4-5-7(6-8)9-2/h3-5H,1,6,8H2,2H3/b5-4-,9-7?. The van der Waals surface area contributed by atoms with Gasteiger partial charge < -0.3 is 5.73 Å². The average Bonchev–Trinajstić information content (AvgIpc) is 1.91. The molecule has 0 bridgehead atoms. The molecule has 50 valence electrons. The van der Waals surface area contributed by atoms with E-state index in [0.29, 0.717) is 6.54 Å². The molecule has 0 radical (unpaired) electrons. The molecule has 9 heavy (non-hydrogen) atoms. The third kappa shape index (κ3) is 3.67. The summed E-state index contributed by atoms with van der Waals surface area (Å²) in [5.41, 5.74) is 6.19. The van der Waals surface area contributed by atoms with Crippen LogP contribution in [0.3, 0.4) is 0 Å². The van der Waals surface area contributed by atoms with Gasteiger partial charge in [-0.15, -0.1) is 0 Å². The zero-order chi connectivity index (χ0) is 7.11. The van der Waals surface area contributed by atoms with E-state index in [-0.39, 0.29) is 0 Å². The third-order valence-electron chi connectivity index (χ3n) is 0.921. The predicted octanol–water partition coefficient (Wildman–Crippen LogP) is 0.758. The minimum atomic E-state index is 0.487. The Hall–Kier alpha value is -0.890. The summed E-state index contributed by atoms with van der Waals surface area (Å²) in [4.78, 5) is 3.90. The van der Waals surface area contributed by atoms with Crippen molar-refractivity contribution in [1.82, 2.24) is 0 Å². The topological polar surface area (TPSA) is 38.4 Å². The maximum Gasteiger partial charge on any atom is 0.0480 e. The van der Waals surface area contributed by atoms with Gasteiger partial charge in [0.2, 0.25) is 0 Å². The van der Waals surface area contributed by atoms with Crippen molar-refractivity contribution < 1.29 is 0 Å². The van der Waals surface area contributed by atoms with Gasteiger partial charge >= 0.3 is 0 Å². The van der Waals surface area contributed by atoms with Gasteiger partial charge in [0.05, 0.1) is 0 Å². The van der Waals surface area contributed by atoms with Crippen LogP contribution in [0.1, 0.15) is 0 Å². The van der Waals surface area contributed by atoms with Crippen LogP contribution in [0.15, 0.2) is 29.8 Å². The molecule has 0 aromatic heterocycles. The molecule has 0 rings (SSSR count). The van der Waals surface area contributed by atoms with Crippen molar-refractivity contribution in [2.75, 3.05) is 13.6 Å². The van der Waals surface area contributed by atoms with Gasteiger partial charge in [-0.1, -0.05) is 18.7 Å². The molecule has 0 atom stereocenters. The smallest absolute Gasteiger partial charge is 0.0480 e. The molecule has 0 aliphatic rings. The Labute approximate surface area is 55.8 Å². The molecule has 0 aromatic carbocycles. The van der Waals surface area contributed by atoms with Gasteiger partial charge in [0.25, 0.3) is 0 Å². The Morgan fingerprint density at radius 2 is 2.44 bits per heavy atom. The van der Waals surface area contributed by atoms with Crippen LogP contribution in [-0.4, -0.2) is 19.3 Å². The van der Waals surface area contributed by atoms with E-state index < -0.39 is 0 Å². The number of nitrogens with zero attached hydrogens (tertiary/aromatic N) is 1. The van der Waals surface area contributed by atoms with E-state index in [0.717, 1.165) is 5.71 Å². The highest BCUT2D eigenvalue weighted by Crippen LogP contribution is 1.78. The van der Waals surface area contributed by atoms with Crippen LogP contribution in [0.5, 0.6) is 0 Å². The number of aliphatic imine (C=N–C) groups is 1. The lowest BCUT2D eigenvalue weighted by molar-refractivity contribution is 1.28.